The molecule has 3 N–H and O–H groups in total. The number of aromatic nitrogens is 4. The topological polar surface area (TPSA) is 83.0 Å². The highest BCUT2D eigenvalue weighted by atomic mass is 35.5. The van der Waals surface area contributed by atoms with E-state index in [1.807, 2.05) is 31.4 Å². The van der Waals surface area contributed by atoms with Crippen LogP contribution in [0, 0.1) is 0 Å². The van der Waals surface area contributed by atoms with Crippen molar-refractivity contribution in [2.45, 2.75) is 0 Å². The fourth-order valence-electron chi connectivity index (χ4n) is 3.86. The molecule has 0 saturated carbocycles. The average molecular weight is 412 g/mol. The third-order valence-corrected chi connectivity index (χ3v) is 5.57. The number of H-pyrrole nitrogens is 1. The van der Waals surface area contributed by atoms with Gasteiger partial charge in [-0.15, -0.1) is 0 Å². The number of rotatable bonds is 4. The van der Waals surface area contributed by atoms with Crippen molar-refractivity contribution in [3.8, 4) is 5.75 Å². The number of aryl methyl sites for hydroxylation is 1. The Kier molecular flexibility index (Phi) is 4.44. The first-order valence-corrected chi connectivity index (χ1v) is 9.92. The molecule has 0 radical (unpaired) electrons. The normalized spacial score (nSPS) is 14.7. The van der Waals surface area contributed by atoms with Crippen molar-refractivity contribution in [1.29, 1.82) is 0 Å². The molecule has 3 heterocycles. The second kappa shape index (κ2) is 7.13. The van der Waals surface area contributed by atoms with Crippen LogP contribution in [0.3, 0.4) is 0 Å². The summed E-state index contributed by atoms with van der Waals surface area (Å²) in [5.41, 5.74) is 3.69. The van der Waals surface area contributed by atoms with Crippen molar-refractivity contribution in [3.63, 3.8) is 0 Å². The van der Waals surface area contributed by atoms with E-state index < -0.39 is 0 Å². The smallest absolute Gasteiger partial charge is 0.161 e. The molecule has 0 bridgehead atoms. The fourth-order valence-corrected chi connectivity index (χ4v) is 4.16. The second-order valence-corrected chi connectivity index (χ2v) is 7.61. The van der Waals surface area contributed by atoms with Crippen LogP contribution in [0.5, 0.6) is 5.75 Å². The van der Waals surface area contributed by atoms with Crippen LogP contribution < -0.4 is 20.3 Å². The molecule has 1 saturated heterocycles. The van der Waals surface area contributed by atoms with Crippen molar-refractivity contribution < 1.29 is 4.74 Å². The summed E-state index contributed by atoms with van der Waals surface area (Å²) in [7, 11) is 3.54. The highest BCUT2D eigenvalue weighted by Crippen LogP contribution is 2.37. The molecule has 29 heavy (non-hydrogen) atoms. The van der Waals surface area contributed by atoms with E-state index in [9.17, 15) is 0 Å². The highest BCUT2D eigenvalue weighted by Gasteiger charge is 2.17. The van der Waals surface area contributed by atoms with Gasteiger partial charge in [0.05, 0.1) is 34.2 Å². The Morgan fingerprint density at radius 1 is 1.17 bits per heavy atom. The van der Waals surface area contributed by atoms with Gasteiger partial charge in [0.15, 0.2) is 5.82 Å². The van der Waals surface area contributed by atoms with E-state index >= 15 is 0 Å². The highest BCUT2D eigenvalue weighted by molar-refractivity contribution is 6.36. The Morgan fingerprint density at radius 2 is 2.00 bits per heavy atom. The lowest BCUT2D eigenvalue weighted by Crippen LogP contribution is -2.43. The lowest BCUT2D eigenvalue weighted by atomic mass is 10.2. The summed E-state index contributed by atoms with van der Waals surface area (Å²) in [5, 5.41) is 21.3. The molecular weight excluding hydrogens is 390 g/mol. The summed E-state index contributed by atoms with van der Waals surface area (Å²) in [6, 6.07) is 8.03. The Bertz CT molecular complexity index is 1190. The number of methoxy groups -OCH3 is 1. The molecule has 150 valence electrons. The van der Waals surface area contributed by atoms with Crippen LogP contribution in [-0.4, -0.2) is 53.3 Å². The standard InChI is InChI=1S/C20H22ClN7O/c1-27-11-12-7-16(18(29-2)10-15(12)26-27)23-20-19-14(21)8-13(9-17(19)24-25-20)28-5-3-22-4-6-28/h7-11,22H,3-6H2,1-2H3,(H2,23,24,25). The van der Waals surface area contributed by atoms with Gasteiger partial charge in [0.1, 0.15) is 5.75 Å². The van der Waals surface area contributed by atoms with Crippen molar-refractivity contribution in [3.05, 3.63) is 35.5 Å². The Labute approximate surface area is 172 Å². The number of piperazine rings is 1. The van der Waals surface area contributed by atoms with Crippen molar-refractivity contribution >= 4 is 50.6 Å². The maximum Gasteiger partial charge on any atom is 0.161 e. The number of fused-ring (bicyclic) bond motifs is 2. The van der Waals surface area contributed by atoms with Crippen LogP contribution in [0.1, 0.15) is 0 Å². The number of nitrogens with one attached hydrogen (secondary N) is 3. The molecule has 5 rings (SSSR count). The Morgan fingerprint density at radius 3 is 2.79 bits per heavy atom. The Hall–Kier alpha value is -2.97. The summed E-state index contributed by atoms with van der Waals surface area (Å²) < 4.78 is 7.34. The van der Waals surface area contributed by atoms with Gasteiger partial charge in [0.25, 0.3) is 0 Å². The molecule has 2 aromatic heterocycles. The molecule has 4 aromatic rings. The first kappa shape index (κ1) is 18.1. The third kappa shape index (κ3) is 3.24. The number of benzene rings is 2. The number of ether oxygens (including phenoxy) is 1. The fraction of sp³-hybridized carbons (Fsp3) is 0.300. The summed E-state index contributed by atoms with van der Waals surface area (Å²) in [5.74, 6) is 1.36. The molecule has 0 spiro atoms. The first-order chi connectivity index (χ1) is 14.1. The molecular formula is C20H22ClN7O. The van der Waals surface area contributed by atoms with Crippen molar-refractivity contribution in [2.75, 3.05) is 43.5 Å². The molecule has 2 aromatic carbocycles. The van der Waals surface area contributed by atoms with Gasteiger partial charge in [0, 0.05) is 56.6 Å². The number of anilines is 3. The van der Waals surface area contributed by atoms with E-state index in [0.717, 1.165) is 59.4 Å². The van der Waals surface area contributed by atoms with Crippen LogP contribution in [0.2, 0.25) is 5.02 Å². The number of hydrogen-bond donors (Lipinski definition) is 3. The second-order valence-electron chi connectivity index (χ2n) is 7.20. The van der Waals surface area contributed by atoms with Crippen LogP contribution in [-0.2, 0) is 7.05 Å². The van der Waals surface area contributed by atoms with E-state index in [1.54, 1.807) is 11.8 Å². The van der Waals surface area contributed by atoms with Crippen LogP contribution in [0.25, 0.3) is 21.8 Å². The molecule has 9 heteroatoms. The molecule has 0 unspecified atom stereocenters. The van der Waals surface area contributed by atoms with Gasteiger partial charge in [-0.2, -0.15) is 10.2 Å². The monoisotopic (exact) mass is 411 g/mol. The van der Waals surface area contributed by atoms with Gasteiger partial charge in [-0.25, -0.2) is 0 Å². The van der Waals surface area contributed by atoms with Gasteiger partial charge >= 0.3 is 0 Å². The zero-order valence-corrected chi connectivity index (χ0v) is 17.0. The molecule has 0 amide bonds. The predicted octanol–water partition coefficient (Wildman–Crippen LogP) is 3.26. The van der Waals surface area contributed by atoms with Gasteiger partial charge in [-0.3, -0.25) is 9.78 Å². The predicted molar refractivity (Wildman–Crippen MR) is 117 cm³/mol. The quantitative estimate of drug-likeness (QED) is 0.478. The lowest BCUT2D eigenvalue weighted by molar-refractivity contribution is 0.417. The van der Waals surface area contributed by atoms with Gasteiger partial charge in [-0.1, -0.05) is 11.6 Å². The molecule has 0 aliphatic carbocycles. The van der Waals surface area contributed by atoms with Crippen LogP contribution in [0.15, 0.2) is 30.5 Å². The van der Waals surface area contributed by atoms with Crippen LogP contribution >= 0.6 is 11.6 Å². The molecule has 1 aliphatic heterocycles. The largest absolute Gasteiger partial charge is 0.494 e. The lowest BCUT2D eigenvalue weighted by Gasteiger charge is -2.29. The minimum absolute atomic E-state index is 0.661. The zero-order chi connectivity index (χ0) is 20.0. The third-order valence-electron chi connectivity index (χ3n) is 5.28. The van der Waals surface area contributed by atoms with E-state index in [0.29, 0.717) is 16.6 Å². The maximum atomic E-state index is 6.68. The average Bonchev–Trinajstić information content (AvgIpc) is 3.30. The SMILES string of the molecule is COc1cc2nn(C)cc2cc1Nc1n[nH]c2cc(N3CCNCC3)cc(Cl)c12. The summed E-state index contributed by atoms with van der Waals surface area (Å²) in [6.07, 6.45) is 1.97. The number of hydrogen-bond acceptors (Lipinski definition) is 6. The maximum absolute atomic E-state index is 6.68. The van der Waals surface area contributed by atoms with E-state index in [4.69, 9.17) is 16.3 Å². The number of aromatic amines is 1. The summed E-state index contributed by atoms with van der Waals surface area (Å²) in [6.45, 7) is 3.87. The first-order valence-electron chi connectivity index (χ1n) is 9.54. The minimum Gasteiger partial charge on any atom is -0.494 e. The van der Waals surface area contributed by atoms with Gasteiger partial charge < -0.3 is 20.3 Å². The number of halogens is 1. The Balaban J connectivity index is 1.53. The molecule has 0 atom stereocenters. The van der Waals surface area contributed by atoms with Gasteiger partial charge in [-0.05, 0) is 18.2 Å². The van der Waals surface area contributed by atoms with E-state index in [-0.39, 0.29) is 0 Å². The van der Waals surface area contributed by atoms with Gasteiger partial charge in [0.2, 0.25) is 0 Å². The number of nitrogens with zero attached hydrogens (tertiary/aromatic N) is 4. The van der Waals surface area contributed by atoms with Crippen LogP contribution in [0.4, 0.5) is 17.2 Å². The summed E-state index contributed by atoms with van der Waals surface area (Å²) >= 11 is 6.68. The molecule has 1 aliphatic rings. The zero-order valence-electron chi connectivity index (χ0n) is 16.3. The van der Waals surface area contributed by atoms with E-state index in [2.05, 4.69) is 36.9 Å². The van der Waals surface area contributed by atoms with Crippen molar-refractivity contribution in [1.82, 2.24) is 25.3 Å². The van der Waals surface area contributed by atoms with E-state index in [1.165, 1.54) is 0 Å². The molecule has 8 nitrogen and oxygen atoms in total. The van der Waals surface area contributed by atoms with Crippen molar-refractivity contribution in [2.24, 2.45) is 7.05 Å². The minimum atomic E-state index is 0.661. The molecule has 1 fully saturated rings. The summed E-state index contributed by atoms with van der Waals surface area (Å²) in [4.78, 5) is 2.33.